The Hall–Kier alpha value is -1.31. The van der Waals surface area contributed by atoms with E-state index in [2.05, 4.69) is 12.2 Å². The Balaban J connectivity index is 2.34. The molecule has 1 aromatic carbocycles. The Labute approximate surface area is 98.1 Å². The van der Waals surface area contributed by atoms with Gasteiger partial charge in [-0.1, -0.05) is 51.3 Å². The first-order valence-electron chi connectivity index (χ1n) is 6.10. The lowest BCUT2D eigenvalue weighted by Gasteiger charge is -2.11. The summed E-state index contributed by atoms with van der Waals surface area (Å²) in [5, 5.41) is 2.93. The molecule has 0 heterocycles. The van der Waals surface area contributed by atoms with Crippen LogP contribution in [0.25, 0.3) is 0 Å². The lowest BCUT2D eigenvalue weighted by molar-refractivity contribution is -0.119. The third kappa shape index (κ3) is 4.47. The third-order valence-corrected chi connectivity index (χ3v) is 2.73. The Morgan fingerprint density at radius 1 is 1.25 bits per heavy atom. The molecule has 1 unspecified atom stereocenters. The monoisotopic (exact) mass is 219 g/mol. The Kier molecular flexibility index (Phi) is 5.62. The molecule has 1 amide bonds. The molecule has 1 rings (SSSR count). The maximum atomic E-state index is 11.8. The molecule has 0 radical (unpaired) electrons. The van der Waals surface area contributed by atoms with Crippen molar-refractivity contribution in [3.05, 3.63) is 30.3 Å². The maximum absolute atomic E-state index is 11.8. The summed E-state index contributed by atoms with van der Waals surface area (Å²) in [5.74, 6) is 0.231. The normalized spacial score (nSPS) is 12.1. The quantitative estimate of drug-likeness (QED) is 0.724. The number of carbonyl (C=O) groups is 1. The van der Waals surface area contributed by atoms with E-state index in [-0.39, 0.29) is 11.8 Å². The molecular weight excluding hydrogens is 198 g/mol. The highest BCUT2D eigenvalue weighted by molar-refractivity contribution is 5.92. The highest BCUT2D eigenvalue weighted by atomic mass is 16.1. The smallest absolute Gasteiger partial charge is 0.227 e. The van der Waals surface area contributed by atoms with Crippen molar-refractivity contribution in [1.29, 1.82) is 0 Å². The van der Waals surface area contributed by atoms with Gasteiger partial charge in [-0.15, -0.1) is 0 Å². The summed E-state index contributed by atoms with van der Waals surface area (Å²) in [6.07, 6.45) is 4.53. The second kappa shape index (κ2) is 7.04. The third-order valence-electron chi connectivity index (χ3n) is 2.73. The van der Waals surface area contributed by atoms with Gasteiger partial charge in [-0.25, -0.2) is 0 Å². The molecule has 1 atom stereocenters. The lowest BCUT2D eigenvalue weighted by Crippen LogP contribution is -2.20. The molecule has 0 aromatic heterocycles. The zero-order valence-electron chi connectivity index (χ0n) is 10.2. The Morgan fingerprint density at radius 3 is 2.56 bits per heavy atom. The standard InChI is InChI=1S/C14H21NO/c1-3-4-6-9-12(2)14(16)15-13-10-7-5-8-11-13/h5,7-8,10-12H,3-4,6,9H2,1-2H3,(H,15,16). The Morgan fingerprint density at radius 2 is 1.94 bits per heavy atom. The van der Waals surface area contributed by atoms with E-state index in [9.17, 15) is 4.79 Å². The fourth-order valence-electron chi connectivity index (χ4n) is 1.62. The zero-order valence-corrected chi connectivity index (χ0v) is 10.2. The van der Waals surface area contributed by atoms with Crippen LogP contribution in [0.4, 0.5) is 5.69 Å². The molecule has 0 spiro atoms. The molecule has 0 aliphatic rings. The number of anilines is 1. The molecule has 2 heteroatoms. The second-order valence-corrected chi connectivity index (χ2v) is 4.25. The predicted molar refractivity (Wildman–Crippen MR) is 68.4 cm³/mol. The van der Waals surface area contributed by atoms with Crippen LogP contribution in [0.15, 0.2) is 30.3 Å². The van der Waals surface area contributed by atoms with Gasteiger partial charge in [0, 0.05) is 11.6 Å². The fraction of sp³-hybridized carbons (Fsp3) is 0.500. The first-order chi connectivity index (χ1) is 7.74. The molecule has 16 heavy (non-hydrogen) atoms. The van der Waals surface area contributed by atoms with E-state index >= 15 is 0 Å². The van der Waals surface area contributed by atoms with Gasteiger partial charge in [-0.3, -0.25) is 4.79 Å². The molecule has 88 valence electrons. The second-order valence-electron chi connectivity index (χ2n) is 4.25. The number of benzene rings is 1. The molecule has 0 saturated carbocycles. The molecule has 0 bridgehead atoms. The molecule has 0 saturated heterocycles. The number of unbranched alkanes of at least 4 members (excludes halogenated alkanes) is 2. The van der Waals surface area contributed by atoms with Crippen molar-refractivity contribution >= 4 is 11.6 Å². The van der Waals surface area contributed by atoms with E-state index in [1.807, 2.05) is 37.3 Å². The molecule has 0 aliphatic heterocycles. The van der Waals surface area contributed by atoms with Crippen molar-refractivity contribution in [3.8, 4) is 0 Å². The number of rotatable bonds is 6. The van der Waals surface area contributed by atoms with Crippen molar-refractivity contribution < 1.29 is 4.79 Å². The predicted octanol–water partition coefficient (Wildman–Crippen LogP) is 3.84. The van der Waals surface area contributed by atoms with Crippen LogP contribution in [0.1, 0.15) is 39.5 Å². The Bertz CT molecular complexity index is 308. The number of nitrogens with one attached hydrogen (secondary N) is 1. The number of carbonyl (C=O) groups excluding carboxylic acids is 1. The van der Waals surface area contributed by atoms with Gasteiger partial charge >= 0.3 is 0 Å². The summed E-state index contributed by atoms with van der Waals surface area (Å²) in [6.45, 7) is 4.17. The number of hydrogen-bond acceptors (Lipinski definition) is 1. The van der Waals surface area contributed by atoms with Crippen LogP contribution in [0, 0.1) is 5.92 Å². The fourth-order valence-corrected chi connectivity index (χ4v) is 1.62. The molecule has 2 nitrogen and oxygen atoms in total. The van der Waals surface area contributed by atoms with Crippen LogP contribution >= 0.6 is 0 Å². The van der Waals surface area contributed by atoms with E-state index in [4.69, 9.17) is 0 Å². The average Bonchev–Trinajstić information content (AvgIpc) is 2.30. The number of para-hydroxylation sites is 1. The van der Waals surface area contributed by atoms with Crippen LogP contribution < -0.4 is 5.32 Å². The van der Waals surface area contributed by atoms with Crippen molar-refractivity contribution in [3.63, 3.8) is 0 Å². The molecule has 1 aromatic rings. The van der Waals surface area contributed by atoms with Gasteiger partial charge < -0.3 is 5.32 Å². The summed E-state index contributed by atoms with van der Waals surface area (Å²) < 4.78 is 0. The lowest BCUT2D eigenvalue weighted by atomic mass is 10.0. The summed E-state index contributed by atoms with van der Waals surface area (Å²) in [6, 6.07) is 9.63. The van der Waals surface area contributed by atoms with Gasteiger partial charge in [0.1, 0.15) is 0 Å². The van der Waals surface area contributed by atoms with Gasteiger partial charge in [0.15, 0.2) is 0 Å². The minimum atomic E-state index is 0.103. The van der Waals surface area contributed by atoms with Crippen molar-refractivity contribution in [2.24, 2.45) is 5.92 Å². The summed E-state index contributed by atoms with van der Waals surface area (Å²) >= 11 is 0. The largest absolute Gasteiger partial charge is 0.326 e. The number of amides is 1. The van der Waals surface area contributed by atoms with Gasteiger partial charge in [-0.05, 0) is 18.6 Å². The van der Waals surface area contributed by atoms with Crippen molar-refractivity contribution in [1.82, 2.24) is 0 Å². The maximum Gasteiger partial charge on any atom is 0.227 e. The van der Waals surface area contributed by atoms with E-state index in [0.717, 1.165) is 18.5 Å². The first kappa shape index (κ1) is 12.8. The molecule has 0 fully saturated rings. The van der Waals surface area contributed by atoms with Crippen LogP contribution in [0.5, 0.6) is 0 Å². The van der Waals surface area contributed by atoms with Gasteiger partial charge in [-0.2, -0.15) is 0 Å². The highest BCUT2D eigenvalue weighted by Crippen LogP contribution is 2.13. The van der Waals surface area contributed by atoms with E-state index in [1.165, 1.54) is 12.8 Å². The van der Waals surface area contributed by atoms with Crippen LogP contribution in [0.3, 0.4) is 0 Å². The van der Waals surface area contributed by atoms with E-state index in [1.54, 1.807) is 0 Å². The minimum absolute atomic E-state index is 0.103. The van der Waals surface area contributed by atoms with Gasteiger partial charge in [0.2, 0.25) is 5.91 Å². The zero-order chi connectivity index (χ0) is 11.8. The minimum Gasteiger partial charge on any atom is -0.326 e. The molecular formula is C14H21NO. The highest BCUT2D eigenvalue weighted by Gasteiger charge is 2.11. The first-order valence-corrected chi connectivity index (χ1v) is 6.10. The van der Waals surface area contributed by atoms with Crippen LogP contribution in [-0.2, 0) is 4.79 Å². The number of hydrogen-bond donors (Lipinski definition) is 1. The molecule has 0 aliphatic carbocycles. The van der Waals surface area contributed by atoms with Gasteiger partial charge in [0.25, 0.3) is 0 Å². The summed E-state index contributed by atoms with van der Waals surface area (Å²) in [7, 11) is 0. The van der Waals surface area contributed by atoms with Crippen LogP contribution in [0.2, 0.25) is 0 Å². The summed E-state index contributed by atoms with van der Waals surface area (Å²) in [5.41, 5.74) is 0.884. The van der Waals surface area contributed by atoms with Crippen molar-refractivity contribution in [2.75, 3.05) is 5.32 Å². The van der Waals surface area contributed by atoms with Gasteiger partial charge in [0.05, 0.1) is 0 Å². The van der Waals surface area contributed by atoms with Crippen molar-refractivity contribution in [2.45, 2.75) is 39.5 Å². The topological polar surface area (TPSA) is 29.1 Å². The van der Waals surface area contributed by atoms with Crippen LogP contribution in [-0.4, -0.2) is 5.91 Å². The SMILES string of the molecule is CCCCCC(C)C(=O)Nc1ccccc1. The average molecular weight is 219 g/mol. The van der Waals surface area contributed by atoms with E-state index < -0.39 is 0 Å². The van der Waals surface area contributed by atoms with E-state index in [0.29, 0.717) is 0 Å². The summed E-state index contributed by atoms with van der Waals surface area (Å²) in [4.78, 5) is 11.8. The molecule has 1 N–H and O–H groups in total.